The predicted molar refractivity (Wildman–Crippen MR) is 133 cm³/mol. The third-order valence-corrected chi connectivity index (χ3v) is 6.60. The molecule has 0 spiro atoms. The fourth-order valence-corrected chi connectivity index (χ4v) is 5.02. The number of likely N-dealkylation sites (tertiary alicyclic amines) is 1. The van der Waals surface area contributed by atoms with Gasteiger partial charge in [0.1, 0.15) is 5.69 Å². The number of methoxy groups -OCH3 is 4. The van der Waals surface area contributed by atoms with Crippen LogP contribution in [-0.4, -0.2) is 74.4 Å². The number of nitrogens with one attached hydrogen (secondary N) is 2. The van der Waals surface area contributed by atoms with E-state index in [1.54, 1.807) is 12.1 Å². The molecular formula is C26H29N3O8. The molecule has 0 saturated carbocycles. The number of nitrogens with zero attached hydrogens (tertiary/aromatic N) is 1. The third kappa shape index (κ3) is 3.90. The van der Waals surface area contributed by atoms with Gasteiger partial charge in [0, 0.05) is 35.2 Å². The minimum Gasteiger partial charge on any atom is -0.493 e. The van der Waals surface area contributed by atoms with Gasteiger partial charge in [0.15, 0.2) is 23.3 Å². The molecule has 2 aromatic rings. The summed E-state index contributed by atoms with van der Waals surface area (Å²) in [7, 11) is 5.66. The van der Waals surface area contributed by atoms with Crippen molar-refractivity contribution in [3.63, 3.8) is 0 Å². The summed E-state index contributed by atoms with van der Waals surface area (Å²) < 4.78 is 21.0. The van der Waals surface area contributed by atoms with Crippen molar-refractivity contribution in [2.45, 2.75) is 26.3 Å². The Morgan fingerprint density at radius 2 is 1.70 bits per heavy atom. The van der Waals surface area contributed by atoms with Gasteiger partial charge in [0.25, 0.3) is 5.91 Å². The molecule has 1 amide bonds. The van der Waals surface area contributed by atoms with Gasteiger partial charge >= 0.3 is 5.97 Å². The van der Waals surface area contributed by atoms with Crippen LogP contribution in [0.25, 0.3) is 10.9 Å². The maximum atomic E-state index is 13.5. The Morgan fingerprint density at radius 1 is 1.00 bits per heavy atom. The molecule has 2 aliphatic heterocycles. The van der Waals surface area contributed by atoms with Crippen LogP contribution in [-0.2, 0) is 19.1 Å². The fourth-order valence-electron chi connectivity index (χ4n) is 5.02. The molecule has 5 rings (SSSR count). The molecule has 37 heavy (non-hydrogen) atoms. The first-order chi connectivity index (χ1) is 17.8. The van der Waals surface area contributed by atoms with Crippen LogP contribution in [0.3, 0.4) is 0 Å². The predicted octanol–water partition coefficient (Wildman–Crippen LogP) is 2.12. The lowest BCUT2D eigenvalue weighted by molar-refractivity contribution is -0.145. The highest BCUT2D eigenvalue weighted by molar-refractivity contribution is 6.23. The van der Waals surface area contributed by atoms with E-state index in [2.05, 4.69) is 15.0 Å². The van der Waals surface area contributed by atoms with Gasteiger partial charge in [-0.3, -0.25) is 14.4 Å². The van der Waals surface area contributed by atoms with Crippen molar-refractivity contribution in [3.05, 3.63) is 40.9 Å². The lowest BCUT2D eigenvalue weighted by Crippen LogP contribution is -2.39. The molecule has 1 saturated heterocycles. The summed E-state index contributed by atoms with van der Waals surface area (Å²) >= 11 is 0. The molecular weight excluding hydrogens is 482 g/mol. The number of H-pyrrole nitrogens is 1. The molecule has 1 aromatic heterocycles. The quantitative estimate of drug-likeness (QED) is 0.457. The van der Waals surface area contributed by atoms with Crippen molar-refractivity contribution < 1.29 is 38.1 Å². The maximum absolute atomic E-state index is 13.5. The molecule has 1 aliphatic carbocycles. The Hall–Kier alpha value is -4.28. The normalized spacial score (nSPS) is 19.9. The Kier molecular flexibility index (Phi) is 6.97. The highest BCUT2D eigenvalue weighted by Gasteiger charge is 2.49. The summed E-state index contributed by atoms with van der Waals surface area (Å²) in [5.41, 5.74) is 1.58. The maximum Gasteiger partial charge on any atom is 0.336 e. The van der Waals surface area contributed by atoms with E-state index in [4.69, 9.17) is 14.2 Å². The van der Waals surface area contributed by atoms with Crippen molar-refractivity contribution in [2.75, 3.05) is 35.0 Å². The second-order valence-corrected chi connectivity index (χ2v) is 8.28. The number of hydrogen-bond acceptors (Lipinski definition) is 9. The first-order valence-electron chi connectivity index (χ1n) is 11.9. The van der Waals surface area contributed by atoms with Crippen molar-refractivity contribution >= 4 is 34.3 Å². The van der Waals surface area contributed by atoms with E-state index in [1.807, 2.05) is 13.8 Å². The first-order valence-corrected chi connectivity index (χ1v) is 11.9. The molecule has 2 atom stereocenters. The monoisotopic (exact) mass is 511 g/mol. The van der Waals surface area contributed by atoms with E-state index in [0.717, 1.165) is 0 Å². The van der Waals surface area contributed by atoms with Gasteiger partial charge in [-0.25, -0.2) is 4.79 Å². The van der Waals surface area contributed by atoms with Crippen LogP contribution < -0.4 is 19.5 Å². The SMILES string of the molecule is CC.COC(=O)C1NC2=C(C1=O)C1CCN(C(=O)c3cc4cc(OC)c(OC)c(OC)c4[nH]3)C1=CC2=O. The minimum absolute atomic E-state index is 0.1000. The zero-order valence-electron chi connectivity index (χ0n) is 21.5. The molecule has 3 heterocycles. The molecule has 2 N–H and O–H groups in total. The summed E-state index contributed by atoms with van der Waals surface area (Å²) in [6, 6.07) is 2.14. The molecule has 196 valence electrons. The summed E-state index contributed by atoms with van der Waals surface area (Å²) in [6.07, 6.45) is 1.79. The number of esters is 1. The number of rotatable bonds is 5. The number of carbonyl (C=O) groups excluding carboxylic acids is 4. The zero-order chi connectivity index (χ0) is 27.0. The summed E-state index contributed by atoms with van der Waals surface area (Å²) in [6.45, 7) is 4.30. The zero-order valence-corrected chi connectivity index (χ0v) is 21.5. The molecule has 11 nitrogen and oxygen atoms in total. The largest absolute Gasteiger partial charge is 0.493 e. The number of Topliss-reactive ketones (excluding diaryl/α,β-unsaturated/α-hetero) is 1. The van der Waals surface area contributed by atoms with E-state index in [1.165, 1.54) is 39.4 Å². The number of amides is 1. The lowest BCUT2D eigenvalue weighted by Gasteiger charge is -2.23. The Bertz CT molecular complexity index is 1370. The topological polar surface area (TPSA) is 136 Å². The van der Waals surface area contributed by atoms with Crippen molar-refractivity contribution in [1.29, 1.82) is 0 Å². The van der Waals surface area contributed by atoms with Gasteiger partial charge in [0.2, 0.25) is 11.5 Å². The van der Waals surface area contributed by atoms with E-state index >= 15 is 0 Å². The number of aromatic amines is 1. The van der Waals surface area contributed by atoms with Crippen molar-refractivity contribution in [2.24, 2.45) is 5.92 Å². The number of ether oxygens (including phenoxy) is 4. The standard InChI is InChI=1S/C24H23N3O8.C2H6/c1-32-15-8-10-7-12(25-17(10)22(34-3)21(15)33-2)23(30)27-6-5-11-13(27)9-14(28)18-16(11)20(29)19(26-18)24(31)35-4;1-2/h7-9,11,19,25-26H,5-6H2,1-4H3;1-2H3. The van der Waals surface area contributed by atoms with E-state index in [-0.39, 0.29) is 22.9 Å². The number of hydrogen-bond donors (Lipinski definition) is 2. The second kappa shape index (κ2) is 10.00. The van der Waals surface area contributed by atoms with E-state index in [0.29, 0.717) is 46.8 Å². The fraction of sp³-hybridized carbons (Fsp3) is 0.385. The van der Waals surface area contributed by atoms with Crippen LogP contribution in [0.2, 0.25) is 0 Å². The molecule has 2 unspecified atom stereocenters. The highest BCUT2D eigenvalue weighted by Crippen LogP contribution is 2.45. The molecule has 1 fully saturated rings. The van der Waals surface area contributed by atoms with Crippen LogP contribution in [0.1, 0.15) is 30.8 Å². The smallest absolute Gasteiger partial charge is 0.336 e. The minimum atomic E-state index is -1.25. The van der Waals surface area contributed by atoms with Crippen LogP contribution in [0.5, 0.6) is 17.2 Å². The van der Waals surface area contributed by atoms with Crippen molar-refractivity contribution in [3.8, 4) is 17.2 Å². The van der Waals surface area contributed by atoms with Gasteiger partial charge in [-0.2, -0.15) is 0 Å². The summed E-state index contributed by atoms with van der Waals surface area (Å²) in [5.74, 6) is -1.34. The molecule has 11 heteroatoms. The molecule has 0 radical (unpaired) electrons. The van der Waals surface area contributed by atoms with Crippen LogP contribution >= 0.6 is 0 Å². The third-order valence-electron chi connectivity index (χ3n) is 6.60. The Balaban J connectivity index is 0.00000156. The highest BCUT2D eigenvalue weighted by atomic mass is 16.5. The Morgan fingerprint density at radius 3 is 2.32 bits per heavy atom. The van der Waals surface area contributed by atoms with Gasteiger partial charge in [-0.15, -0.1) is 0 Å². The van der Waals surface area contributed by atoms with E-state index < -0.39 is 29.5 Å². The van der Waals surface area contributed by atoms with Crippen molar-refractivity contribution in [1.82, 2.24) is 15.2 Å². The Labute approximate surface area is 213 Å². The molecule has 1 aromatic carbocycles. The van der Waals surface area contributed by atoms with Gasteiger partial charge in [0.05, 0.1) is 39.7 Å². The van der Waals surface area contributed by atoms with Crippen LogP contribution in [0.15, 0.2) is 35.2 Å². The van der Waals surface area contributed by atoms with Crippen LogP contribution in [0.4, 0.5) is 0 Å². The van der Waals surface area contributed by atoms with Gasteiger partial charge in [-0.1, -0.05) is 13.8 Å². The number of aromatic nitrogens is 1. The lowest BCUT2D eigenvalue weighted by atomic mass is 9.86. The van der Waals surface area contributed by atoms with Crippen LogP contribution in [0, 0.1) is 5.92 Å². The number of allylic oxidation sites excluding steroid dienone is 2. The average Bonchev–Trinajstić information content (AvgIpc) is 3.63. The number of fused-ring (bicyclic) bond motifs is 3. The number of ketones is 2. The number of benzene rings is 1. The molecule has 0 bridgehead atoms. The molecule has 3 aliphatic rings. The average molecular weight is 512 g/mol. The summed E-state index contributed by atoms with van der Waals surface area (Å²) in [5, 5.41) is 3.37. The van der Waals surface area contributed by atoms with Gasteiger partial charge in [-0.05, 0) is 18.6 Å². The first kappa shape index (κ1) is 25.8. The number of carbonyl (C=O) groups is 4. The van der Waals surface area contributed by atoms with E-state index in [9.17, 15) is 19.2 Å². The van der Waals surface area contributed by atoms with Gasteiger partial charge < -0.3 is 34.1 Å². The second-order valence-electron chi connectivity index (χ2n) is 8.28. The summed E-state index contributed by atoms with van der Waals surface area (Å²) in [4.78, 5) is 55.8.